The Hall–Kier alpha value is -3.92. The number of pyridine rings is 1. The van der Waals surface area contributed by atoms with Gasteiger partial charge in [0.1, 0.15) is 28.6 Å². The van der Waals surface area contributed by atoms with E-state index in [1.54, 1.807) is 42.6 Å². The number of hydrogen-bond donors (Lipinski definition) is 0. The summed E-state index contributed by atoms with van der Waals surface area (Å²) in [5, 5.41) is 9.24. The summed E-state index contributed by atoms with van der Waals surface area (Å²) in [4.78, 5) is 29.1. The minimum absolute atomic E-state index is 0.00268. The molecule has 0 radical (unpaired) electrons. The Morgan fingerprint density at radius 3 is 2.64 bits per heavy atom. The predicted octanol–water partition coefficient (Wildman–Crippen LogP) is 3.13. The SMILES string of the molecule is CCc1ccc(Oc2nc3ccccn3c(=O)c2/C=C(\C#N)C(=O)OC)cc1. The number of methoxy groups -OCH3 is 1. The second kappa shape index (κ2) is 8.18. The second-order valence-electron chi connectivity index (χ2n) is 5.83. The maximum atomic E-state index is 12.9. The maximum absolute atomic E-state index is 12.9. The fourth-order valence-electron chi connectivity index (χ4n) is 2.58. The van der Waals surface area contributed by atoms with Crippen LogP contribution < -0.4 is 10.3 Å². The molecular formula is C21H17N3O4. The molecule has 2 heterocycles. The van der Waals surface area contributed by atoms with E-state index in [1.165, 1.54) is 4.40 Å². The molecule has 0 bridgehead atoms. The number of rotatable bonds is 5. The molecule has 0 fully saturated rings. The van der Waals surface area contributed by atoms with Crippen LogP contribution in [0.15, 0.2) is 59.0 Å². The zero-order valence-electron chi connectivity index (χ0n) is 15.4. The Bertz CT molecular complexity index is 1150. The molecule has 0 aliphatic heterocycles. The largest absolute Gasteiger partial charge is 0.465 e. The van der Waals surface area contributed by atoms with Gasteiger partial charge >= 0.3 is 5.97 Å². The van der Waals surface area contributed by atoms with Gasteiger partial charge in [0, 0.05) is 6.20 Å². The summed E-state index contributed by atoms with van der Waals surface area (Å²) in [6.45, 7) is 2.04. The van der Waals surface area contributed by atoms with E-state index in [0.717, 1.165) is 25.2 Å². The minimum Gasteiger partial charge on any atom is -0.465 e. The van der Waals surface area contributed by atoms with Gasteiger partial charge in [0.25, 0.3) is 5.56 Å². The molecule has 0 unspecified atom stereocenters. The lowest BCUT2D eigenvalue weighted by atomic mass is 10.1. The smallest absolute Gasteiger partial charge is 0.348 e. The van der Waals surface area contributed by atoms with Crippen LogP contribution in [0.2, 0.25) is 0 Å². The number of aromatic nitrogens is 2. The van der Waals surface area contributed by atoms with Gasteiger partial charge in [-0.1, -0.05) is 25.1 Å². The van der Waals surface area contributed by atoms with E-state index < -0.39 is 11.5 Å². The van der Waals surface area contributed by atoms with Crippen molar-refractivity contribution >= 4 is 17.7 Å². The highest BCUT2D eigenvalue weighted by Gasteiger charge is 2.17. The lowest BCUT2D eigenvalue weighted by Crippen LogP contribution is -2.19. The van der Waals surface area contributed by atoms with Gasteiger partial charge in [-0.3, -0.25) is 9.20 Å². The van der Waals surface area contributed by atoms with Gasteiger partial charge in [-0.25, -0.2) is 4.79 Å². The van der Waals surface area contributed by atoms with E-state index >= 15 is 0 Å². The topological polar surface area (TPSA) is 93.7 Å². The second-order valence-corrected chi connectivity index (χ2v) is 5.83. The molecule has 0 aliphatic carbocycles. The summed E-state index contributed by atoms with van der Waals surface area (Å²) in [7, 11) is 1.16. The molecule has 0 saturated heterocycles. The summed E-state index contributed by atoms with van der Waals surface area (Å²) in [5.74, 6) is -0.369. The number of carbonyl (C=O) groups excluding carboxylic acids is 1. The predicted molar refractivity (Wildman–Crippen MR) is 103 cm³/mol. The summed E-state index contributed by atoms with van der Waals surface area (Å²) in [6, 6.07) is 14.2. The molecule has 1 aromatic carbocycles. The van der Waals surface area contributed by atoms with Crippen molar-refractivity contribution in [3.63, 3.8) is 0 Å². The third-order valence-electron chi connectivity index (χ3n) is 4.09. The molecule has 0 amide bonds. The Labute approximate surface area is 161 Å². The lowest BCUT2D eigenvalue weighted by molar-refractivity contribution is -0.135. The number of aryl methyl sites for hydroxylation is 1. The monoisotopic (exact) mass is 375 g/mol. The number of carbonyl (C=O) groups is 1. The van der Waals surface area contributed by atoms with Crippen molar-refractivity contribution in [3.05, 3.63) is 75.7 Å². The lowest BCUT2D eigenvalue weighted by Gasteiger charge is -2.10. The molecule has 140 valence electrons. The van der Waals surface area contributed by atoms with Gasteiger partial charge < -0.3 is 9.47 Å². The van der Waals surface area contributed by atoms with E-state index in [1.807, 2.05) is 19.1 Å². The van der Waals surface area contributed by atoms with E-state index in [9.17, 15) is 14.9 Å². The average Bonchev–Trinajstić information content (AvgIpc) is 2.73. The van der Waals surface area contributed by atoms with Crippen molar-refractivity contribution in [2.24, 2.45) is 0 Å². The number of ether oxygens (including phenoxy) is 2. The first-order chi connectivity index (χ1) is 13.6. The van der Waals surface area contributed by atoms with Crippen molar-refractivity contribution in [2.45, 2.75) is 13.3 Å². The first-order valence-electron chi connectivity index (χ1n) is 8.55. The zero-order valence-corrected chi connectivity index (χ0v) is 15.4. The van der Waals surface area contributed by atoms with E-state index in [0.29, 0.717) is 11.4 Å². The van der Waals surface area contributed by atoms with Crippen LogP contribution in [0.4, 0.5) is 0 Å². The number of nitrogens with zero attached hydrogens (tertiary/aromatic N) is 3. The molecule has 7 heteroatoms. The van der Waals surface area contributed by atoms with Crippen molar-refractivity contribution in [1.29, 1.82) is 5.26 Å². The van der Waals surface area contributed by atoms with Crippen LogP contribution in [-0.2, 0) is 16.0 Å². The highest BCUT2D eigenvalue weighted by Crippen LogP contribution is 2.24. The molecule has 3 rings (SSSR count). The van der Waals surface area contributed by atoms with Crippen LogP contribution in [-0.4, -0.2) is 22.5 Å². The van der Waals surface area contributed by atoms with Gasteiger partial charge in [-0.05, 0) is 42.3 Å². The summed E-state index contributed by atoms with van der Waals surface area (Å²) >= 11 is 0. The van der Waals surface area contributed by atoms with E-state index in [-0.39, 0.29) is 17.0 Å². The first kappa shape index (κ1) is 18.9. The van der Waals surface area contributed by atoms with Crippen molar-refractivity contribution in [1.82, 2.24) is 9.38 Å². The van der Waals surface area contributed by atoms with Crippen molar-refractivity contribution in [2.75, 3.05) is 7.11 Å². The maximum Gasteiger partial charge on any atom is 0.348 e. The quantitative estimate of drug-likeness (QED) is 0.386. The van der Waals surface area contributed by atoms with Gasteiger partial charge in [0.05, 0.1) is 7.11 Å². The number of fused-ring (bicyclic) bond motifs is 1. The molecule has 0 saturated carbocycles. The van der Waals surface area contributed by atoms with E-state index in [2.05, 4.69) is 9.72 Å². The van der Waals surface area contributed by atoms with Gasteiger partial charge in [0.2, 0.25) is 5.88 Å². The van der Waals surface area contributed by atoms with Crippen LogP contribution in [0, 0.1) is 11.3 Å². The van der Waals surface area contributed by atoms with Gasteiger partial charge in [-0.15, -0.1) is 0 Å². The van der Waals surface area contributed by atoms with Gasteiger partial charge in [0.15, 0.2) is 0 Å². The van der Waals surface area contributed by atoms with Crippen LogP contribution in [0.5, 0.6) is 11.6 Å². The first-order valence-corrected chi connectivity index (χ1v) is 8.55. The molecule has 2 aromatic heterocycles. The zero-order chi connectivity index (χ0) is 20.1. The number of benzene rings is 1. The Morgan fingerprint density at radius 1 is 1.25 bits per heavy atom. The van der Waals surface area contributed by atoms with Crippen LogP contribution in [0.1, 0.15) is 18.1 Å². The molecule has 0 atom stereocenters. The molecule has 0 spiro atoms. The van der Waals surface area contributed by atoms with Gasteiger partial charge in [-0.2, -0.15) is 10.2 Å². The molecule has 0 N–H and O–H groups in total. The minimum atomic E-state index is -0.849. The normalized spacial score (nSPS) is 11.1. The third kappa shape index (κ3) is 3.76. The summed E-state index contributed by atoms with van der Waals surface area (Å²) < 4.78 is 11.7. The Kier molecular flexibility index (Phi) is 5.51. The molecule has 3 aromatic rings. The molecule has 0 aliphatic rings. The summed E-state index contributed by atoms with van der Waals surface area (Å²) in [5.41, 5.74) is 0.689. The third-order valence-corrected chi connectivity index (χ3v) is 4.09. The Balaban J connectivity index is 2.19. The fourth-order valence-corrected chi connectivity index (χ4v) is 2.58. The van der Waals surface area contributed by atoms with Crippen LogP contribution in [0.3, 0.4) is 0 Å². The van der Waals surface area contributed by atoms with Crippen molar-refractivity contribution < 1.29 is 14.3 Å². The average molecular weight is 375 g/mol. The Morgan fingerprint density at radius 2 is 2.00 bits per heavy atom. The fraction of sp³-hybridized carbons (Fsp3) is 0.143. The standard InChI is InChI=1S/C21H17N3O4/c1-3-14-7-9-16(10-8-14)28-19-17(12-15(13-22)21(26)27-2)20(25)24-11-5-4-6-18(24)23-19/h4-12H,3H2,1-2H3/b15-12+. The number of nitriles is 1. The molecular weight excluding hydrogens is 358 g/mol. The molecule has 28 heavy (non-hydrogen) atoms. The van der Waals surface area contributed by atoms with Crippen molar-refractivity contribution in [3.8, 4) is 17.7 Å². The number of esters is 1. The van der Waals surface area contributed by atoms with E-state index in [4.69, 9.17) is 4.74 Å². The highest BCUT2D eigenvalue weighted by atomic mass is 16.5. The number of hydrogen-bond acceptors (Lipinski definition) is 6. The summed E-state index contributed by atoms with van der Waals surface area (Å²) in [6.07, 6.45) is 3.57. The highest BCUT2D eigenvalue weighted by molar-refractivity contribution is 5.98. The van der Waals surface area contributed by atoms with Crippen LogP contribution in [0.25, 0.3) is 11.7 Å². The van der Waals surface area contributed by atoms with Crippen LogP contribution >= 0.6 is 0 Å². The molecule has 7 nitrogen and oxygen atoms in total.